The highest BCUT2D eigenvalue weighted by Crippen LogP contribution is 2.27. The number of aliphatic hydroxyl groups excluding tert-OH is 3. The molecule has 2 aromatic rings. The van der Waals surface area contributed by atoms with Crippen LogP contribution in [0.3, 0.4) is 0 Å². The maximum absolute atomic E-state index is 10.6. The van der Waals surface area contributed by atoms with E-state index in [1.54, 1.807) is 31.4 Å². The maximum Gasteiger partial charge on any atom is 0.229 e. The van der Waals surface area contributed by atoms with Crippen molar-refractivity contribution in [3.63, 3.8) is 0 Å². The third-order valence-electron chi connectivity index (χ3n) is 4.42. The predicted octanol–water partition coefficient (Wildman–Crippen LogP) is 1.10. The minimum Gasteiger partial charge on any atom is -0.497 e. The van der Waals surface area contributed by atoms with Crippen molar-refractivity contribution in [1.82, 2.24) is 0 Å². The molecule has 0 spiro atoms. The van der Waals surface area contributed by atoms with Crippen molar-refractivity contribution in [3.8, 4) is 11.5 Å². The van der Waals surface area contributed by atoms with Crippen LogP contribution in [-0.4, -0.2) is 59.7 Å². The van der Waals surface area contributed by atoms with Gasteiger partial charge in [-0.25, -0.2) is 0 Å². The van der Waals surface area contributed by atoms with E-state index in [4.69, 9.17) is 18.9 Å². The summed E-state index contributed by atoms with van der Waals surface area (Å²) in [5.41, 5.74) is 0.900. The van der Waals surface area contributed by atoms with Gasteiger partial charge in [0.05, 0.1) is 20.3 Å². The van der Waals surface area contributed by atoms with Crippen molar-refractivity contribution in [3.05, 3.63) is 60.2 Å². The molecule has 7 nitrogen and oxygen atoms in total. The van der Waals surface area contributed by atoms with Crippen LogP contribution in [0.2, 0.25) is 0 Å². The van der Waals surface area contributed by atoms with E-state index in [9.17, 15) is 15.3 Å². The highest BCUT2D eigenvalue weighted by molar-refractivity contribution is 5.31. The second-order valence-electron chi connectivity index (χ2n) is 6.26. The van der Waals surface area contributed by atoms with Gasteiger partial charge in [-0.1, -0.05) is 30.3 Å². The van der Waals surface area contributed by atoms with E-state index in [0.29, 0.717) is 11.5 Å². The molecule has 1 heterocycles. The molecule has 1 fully saturated rings. The molecule has 1 aliphatic rings. The third kappa shape index (κ3) is 4.77. The monoisotopic (exact) mass is 376 g/mol. The molecule has 3 rings (SSSR count). The zero-order chi connectivity index (χ0) is 19.2. The van der Waals surface area contributed by atoms with Gasteiger partial charge >= 0.3 is 0 Å². The van der Waals surface area contributed by atoms with Crippen LogP contribution in [0.5, 0.6) is 11.5 Å². The number of hydrogen-bond donors (Lipinski definition) is 3. The first kappa shape index (κ1) is 19.6. The first-order chi connectivity index (χ1) is 13.1. The Morgan fingerprint density at radius 3 is 2.22 bits per heavy atom. The summed E-state index contributed by atoms with van der Waals surface area (Å²) in [6.07, 6.45) is -5.44. The third-order valence-corrected chi connectivity index (χ3v) is 4.42. The Hall–Kier alpha value is -2.16. The molecule has 0 unspecified atom stereocenters. The van der Waals surface area contributed by atoms with Crippen molar-refractivity contribution in [2.45, 2.75) is 37.3 Å². The lowest BCUT2D eigenvalue weighted by atomic mass is 9.99. The minimum absolute atomic E-state index is 0.201. The highest BCUT2D eigenvalue weighted by atomic mass is 16.7. The second-order valence-corrected chi connectivity index (χ2v) is 6.26. The smallest absolute Gasteiger partial charge is 0.229 e. The molecule has 1 aliphatic heterocycles. The zero-order valence-electron chi connectivity index (χ0n) is 15.0. The van der Waals surface area contributed by atoms with Crippen LogP contribution in [0, 0.1) is 0 Å². The van der Waals surface area contributed by atoms with E-state index in [-0.39, 0.29) is 6.61 Å². The fourth-order valence-corrected chi connectivity index (χ4v) is 2.90. The van der Waals surface area contributed by atoms with E-state index in [0.717, 1.165) is 5.56 Å². The Kier molecular flexibility index (Phi) is 6.65. The molecular formula is C20H24O7. The van der Waals surface area contributed by atoms with Crippen LogP contribution < -0.4 is 9.47 Å². The molecule has 7 heteroatoms. The van der Waals surface area contributed by atoms with Gasteiger partial charge in [0.15, 0.2) is 0 Å². The van der Waals surface area contributed by atoms with Crippen LogP contribution in [0.25, 0.3) is 0 Å². The lowest BCUT2D eigenvalue weighted by Crippen LogP contribution is -2.60. The van der Waals surface area contributed by atoms with Gasteiger partial charge in [-0.05, 0) is 29.8 Å². The lowest BCUT2D eigenvalue weighted by molar-refractivity contribution is -0.287. The van der Waals surface area contributed by atoms with E-state index in [1.165, 1.54) is 0 Å². The van der Waals surface area contributed by atoms with E-state index in [1.807, 2.05) is 30.3 Å². The maximum atomic E-state index is 10.6. The molecule has 5 atom stereocenters. The molecule has 3 N–H and O–H groups in total. The first-order valence-electron chi connectivity index (χ1n) is 8.71. The summed E-state index contributed by atoms with van der Waals surface area (Å²) < 4.78 is 22.1. The summed E-state index contributed by atoms with van der Waals surface area (Å²) in [5.74, 6) is 1.12. The molecule has 0 aromatic heterocycles. The number of hydrogen-bond acceptors (Lipinski definition) is 7. The van der Waals surface area contributed by atoms with Crippen LogP contribution >= 0.6 is 0 Å². The van der Waals surface area contributed by atoms with E-state index in [2.05, 4.69) is 0 Å². The van der Waals surface area contributed by atoms with Gasteiger partial charge in [-0.3, -0.25) is 0 Å². The van der Waals surface area contributed by atoms with Crippen molar-refractivity contribution in [1.29, 1.82) is 0 Å². The van der Waals surface area contributed by atoms with E-state index < -0.39 is 37.3 Å². The molecule has 146 valence electrons. The summed E-state index contributed by atoms with van der Waals surface area (Å²) in [5, 5.41) is 30.5. The van der Waals surface area contributed by atoms with Crippen LogP contribution in [0.1, 0.15) is 5.56 Å². The van der Waals surface area contributed by atoms with Gasteiger partial charge in [0.25, 0.3) is 0 Å². The summed E-state index contributed by atoms with van der Waals surface area (Å²) in [7, 11) is 1.56. The molecule has 0 radical (unpaired) electrons. The summed E-state index contributed by atoms with van der Waals surface area (Å²) in [4.78, 5) is 0. The van der Waals surface area contributed by atoms with Gasteiger partial charge in [0.1, 0.15) is 35.9 Å². The highest BCUT2D eigenvalue weighted by Gasteiger charge is 2.46. The van der Waals surface area contributed by atoms with Gasteiger partial charge in [-0.2, -0.15) is 0 Å². The Labute approximate surface area is 157 Å². The SMILES string of the molecule is COc1ccc(O[C@@H]2O[C@H](CO)[C@H](O)[C@H](OCc3ccccc3)[C@H]2O)cc1. The number of aliphatic hydroxyl groups is 3. The molecule has 0 bridgehead atoms. The molecule has 0 aliphatic carbocycles. The largest absolute Gasteiger partial charge is 0.497 e. The van der Waals surface area contributed by atoms with Gasteiger partial charge < -0.3 is 34.3 Å². The molecule has 0 amide bonds. The zero-order valence-corrected chi connectivity index (χ0v) is 15.0. The van der Waals surface area contributed by atoms with Crippen LogP contribution in [0.4, 0.5) is 0 Å². The fourth-order valence-electron chi connectivity index (χ4n) is 2.90. The average Bonchev–Trinajstić information content (AvgIpc) is 2.71. The standard InChI is InChI=1S/C20H24O7/c1-24-14-7-9-15(10-8-14)26-20-18(23)19(17(22)16(11-21)27-20)25-12-13-5-3-2-4-6-13/h2-10,16-23H,11-12H2,1H3/t16-,17+,18-,19+,20-/m1/s1. The Morgan fingerprint density at radius 2 is 1.59 bits per heavy atom. The summed E-state index contributed by atoms with van der Waals surface area (Å²) in [6.45, 7) is -0.228. The van der Waals surface area contributed by atoms with Crippen molar-refractivity contribution >= 4 is 0 Å². The van der Waals surface area contributed by atoms with Crippen LogP contribution in [-0.2, 0) is 16.1 Å². The first-order valence-corrected chi connectivity index (χ1v) is 8.71. The van der Waals surface area contributed by atoms with E-state index >= 15 is 0 Å². The second kappa shape index (κ2) is 9.16. The number of methoxy groups -OCH3 is 1. The number of ether oxygens (including phenoxy) is 4. The number of rotatable bonds is 7. The van der Waals surface area contributed by atoms with Crippen molar-refractivity contribution < 1.29 is 34.3 Å². The Bertz CT molecular complexity index is 691. The van der Waals surface area contributed by atoms with Gasteiger partial charge in [0.2, 0.25) is 6.29 Å². The summed E-state index contributed by atoms with van der Waals surface area (Å²) in [6, 6.07) is 16.2. The Morgan fingerprint density at radius 1 is 0.926 bits per heavy atom. The minimum atomic E-state index is -1.24. The number of benzene rings is 2. The quantitative estimate of drug-likeness (QED) is 0.666. The average molecular weight is 376 g/mol. The van der Waals surface area contributed by atoms with Gasteiger partial charge in [-0.15, -0.1) is 0 Å². The molecule has 0 saturated carbocycles. The molecule has 1 saturated heterocycles. The predicted molar refractivity (Wildman–Crippen MR) is 96.4 cm³/mol. The van der Waals surface area contributed by atoms with Gasteiger partial charge in [0, 0.05) is 0 Å². The molecule has 2 aromatic carbocycles. The summed E-state index contributed by atoms with van der Waals surface area (Å²) >= 11 is 0. The topological polar surface area (TPSA) is 97.6 Å². The lowest BCUT2D eigenvalue weighted by Gasteiger charge is -2.41. The van der Waals surface area contributed by atoms with Crippen molar-refractivity contribution in [2.75, 3.05) is 13.7 Å². The molecule has 27 heavy (non-hydrogen) atoms. The molecular weight excluding hydrogens is 352 g/mol. The Balaban J connectivity index is 1.70. The van der Waals surface area contributed by atoms with Crippen LogP contribution in [0.15, 0.2) is 54.6 Å². The van der Waals surface area contributed by atoms with Crippen molar-refractivity contribution in [2.24, 2.45) is 0 Å². The normalized spacial score (nSPS) is 27.9. The fraction of sp³-hybridized carbons (Fsp3) is 0.400.